The standard InChI is InChI=1S/C20H32FN/c1-2-3-4-5-6-7-8-15-22-20(17-11-9-12-17)18-13-10-14-19(21)16-18/h10,13-14,16-17,20,22H,2-9,11-12,15H2,1H3/t20-/m0/s1. The number of unbranched alkanes of at least 4 members (excludes halogenated alkanes) is 6. The van der Waals surface area contributed by atoms with Crippen molar-refractivity contribution in [3.63, 3.8) is 0 Å². The van der Waals surface area contributed by atoms with E-state index in [1.54, 1.807) is 6.07 Å². The van der Waals surface area contributed by atoms with Gasteiger partial charge in [0, 0.05) is 6.04 Å². The first-order valence-electron chi connectivity index (χ1n) is 9.30. The van der Waals surface area contributed by atoms with E-state index in [4.69, 9.17) is 0 Å². The van der Waals surface area contributed by atoms with Crippen LogP contribution in [0.4, 0.5) is 4.39 Å². The minimum absolute atomic E-state index is 0.112. The lowest BCUT2D eigenvalue weighted by atomic mass is 9.77. The predicted molar refractivity (Wildman–Crippen MR) is 92.5 cm³/mol. The van der Waals surface area contributed by atoms with Crippen LogP contribution in [0.15, 0.2) is 24.3 Å². The van der Waals surface area contributed by atoms with Crippen molar-refractivity contribution in [3.8, 4) is 0 Å². The molecule has 1 aliphatic carbocycles. The number of nitrogens with one attached hydrogen (secondary N) is 1. The van der Waals surface area contributed by atoms with Crippen molar-refractivity contribution >= 4 is 0 Å². The molecule has 1 aromatic carbocycles. The molecular weight excluding hydrogens is 273 g/mol. The third-order valence-corrected chi connectivity index (χ3v) is 4.97. The molecule has 0 unspecified atom stereocenters. The molecule has 1 atom stereocenters. The van der Waals surface area contributed by atoms with Crippen LogP contribution in [0.1, 0.15) is 82.7 Å². The van der Waals surface area contributed by atoms with E-state index in [2.05, 4.69) is 18.3 Å². The smallest absolute Gasteiger partial charge is 0.123 e. The first-order valence-corrected chi connectivity index (χ1v) is 9.30. The lowest BCUT2D eigenvalue weighted by Crippen LogP contribution is -2.32. The largest absolute Gasteiger partial charge is 0.310 e. The fourth-order valence-corrected chi connectivity index (χ4v) is 3.37. The van der Waals surface area contributed by atoms with Crippen LogP contribution in [0.25, 0.3) is 0 Å². The molecule has 0 aromatic heterocycles. The summed E-state index contributed by atoms with van der Waals surface area (Å²) >= 11 is 0. The third-order valence-electron chi connectivity index (χ3n) is 4.97. The van der Waals surface area contributed by atoms with Crippen LogP contribution in [-0.4, -0.2) is 6.54 Å². The Balaban J connectivity index is 1.70. The second-order valence-corrected chi connectivity index (χ2v) is 6.80. The Hall–Kier alpha value is -0.890. The molecule has 2 heteroatoms. The van der Waals surface area contributed by atoms with E-state index in [0.29, 0.717) is 12.0 Å². The highest BCUT2D eigenvalue weighted by molar-refractivity contribution is 5.21. The molecule has 124 valence electrons. The van der Waals surface area contributed by atoms with E-state index in [1.807, 2.05) is 6.07 Å². The quantitative estimate of drug-likeness (QED) is 0.494. The van der Waals surface area contributed by atoms with Gasteiger partial charge in [-0.3, -0.25) is 0 Å². The summed E-state index contributed by atoms with van der Waals surface area (Å²) < 4.78 is 13.5. The van der Waals surface area contributed by atoms with Gasteiger partial charge < -0.3 is 5.32 Å². The third kappa shape index (κ3) is 5.72. The lowest BCUT2D eigenvalue weighted by Gasteiger charge is -2.35. The van der Waals surface area contributed by atoms with Gasteiger partial charge in [0.1, 0.15) is 5.82 Å². The van der Waals surface area contributed by atoms with E-state index in [0.717, 1.165) is 12.1 Å². The molecule has 1 nitrogen and oxygen atoms in total. The van der Waals surface area contributed by atoms with Crippen LogP contribution in [0.2, 0.25) is 0 Å². The monoisotopic (exact) mass is 305 g/mol. The van der Waals surface area contributed by atoms with Gasteiger partial charge in [0.15, 0.2) is 0 Å². The van der Waals surface area contributed by atoms with E-state index in [-0.39, 0.29) is 5.82 Å². The summed E-state index contributed by atoms with van der Waals surface area (Å²) in [4.78, 5) is 0. The van der Waals surface area contributed by atoms with Gasteiger partial charge in [-0.15, -0.1) is 0 Å². The van der Waals surface area contributed by atoms with E-state index < -0.39 is 0 Å². The highest BCUT2D eigenvalue weighted by Crippen LogP contribution is 2.37. The second-order valence-electron chi connectivity index (χ2n) is 6.80. The van der Waals surface area contributed by atoms with E-state index in [9.17, 15) is 4.39 Å². The number of rotatable bonds is 11. The van der Waals surface area contributed by atoms with Gasteiger partial charge in [0.25, 0.3) is 0 Å². The first-order chi connectivity index (χ1) is 10.8. The number of halogens is 1. The summed E-state index contributed by atoms with van der Waals surface area (Å²) in [5, 5.41) is 3.70. The normalized spacial score (nSPS) is 16.5. The molecule has 0 saturated heterocycles. The fourth-order valence-electron chi connectivity index (χ4n) is 3.37. The van der Waals surface area contributed by atoms with Gasteiger partial charge in [0.05, 0.1) is 0 Å². The molecule has 0 aliphatic heterocycles. The molecular formula is C20H32FN. The van der Waals surface area contributed by atoms with Crippen LogP contribution in [0, 0.1) is 11.7 Å². The Morgan fingerprint density at radius 2 is 1.82 bits per heavy atom. The number of hydrogen-bond donors (Lipinski definition) is 1. The molecule has 1 aliphatic rings. The Bertz CT molecular complexity index is 414. The maximum Gasteiger partial charge on any atom is 0.123 e. The molecule has 22 heavy (non-hydrogen) atoms. The lowest BCUT2D eigenvalue weighted by molar-refractivity contribution is 0.229. The molecule has 1 N–H and O–H groups in total. The molecule has 1 fully saturated rings. The SMILES string of the molecule is CCCCCCCCCN[C@H](c1cccc(F)c1)C1CCC1. The summed E-state index contributed by atoms with van der Waals surface area (Å²) in [6, 6.07) is 7.51. The van der Waals surface area contributed by atoms with Crippen molar-refractivity contribution < 1.29 is 4.39 Å². The average Bonchev–Trinajstić information content (AvgIpc) is 2.47. The molecule has 0 spiro atoms. The van der Waals surface area contributed by atoms with Crippen molar-refractivity contribution in [2.75, 3.05) is 6.54 Å². The zero-order valence-corrected chi connectivity index (χ0v) is 14.1. The molecule has 1 aromatic rings. The zero-order chi connectivity index (χ0) is 15.6. The molecule has 0 heterocycles. The van der Waals surface area contributed by atoms with Gasteiger partial charge >= 0.3 is 0 Å². The summed E-state index contributed by atoms with van der Waals surface area (Å²) in [5.41, 5.74) is 1.13. The summed E-state index contributed by atoms with van der Waals surface area (Å²) in [7, 11) is 0. The Morgan fingerprint density at radius 3 is 2.45 bits per heavy atom. The fraction of sp³-hybridized carbons (Fsp3) is 0.700. The van der Waals surface area contributed by atoms with Crippen molar-refractivity contribution in [3.05, 3.63) is 35.6 Å². The zero-order valence-electron chi connectivity index (χ0n) is 14.1. The predicted octanol–water partition coefficient (Wildman–Crippen LogP) is 6.01. The first kappa shape index (κ1) is 17.5. The van der Waals surface area contributed by atoms with Gasteiger partial charge in [-0.2, -0.15) is 0 Å². The highest BCUT2D eigenvalue weighted by atomic mass is 19.1. The van der Waals surface area contributed by atoms with Crippen LogP contribution >= 0.6 is 0 Å². The van der Waals surface area contributed by atoms with Gasteiger partial charge in [-0.25, -0.2) is 4.39 Å². The number of benzene rings is 1. The maximum absolute atomic E-state index is 13.5. The maximum atomic E-state index is 13.5. The highest BCUT2D eigenvalue weighted by Gasteiger charge is 2.28. The molecule has 0 radical (unpaired) electrons. The average molecular weight is 305 g/mol. The molecule has 0 bridgehead atoms. The van der Waals surface area contributed by atoms with Crippen molar-refractivity contribution in [2.45, 2.75) is 77.2 Å². The van der Waals surface area contributed by atoms with Crippen LogP contribution in [0.5, 0.6) is 0 Å². The Labute approximate surface area is 135 Å². The summed E-state index contributed by atoms with van der Waals surface area (Å²) in [6.07, 6.45) is 13.3. The van der Waals surface area contributed by atoms with Crippen molar-refractivity contribution in [1.82, 2.24) is 5.32 Å². The minimum atomic E-state index is -0.112. The second kappa shape index (κ2) is 9.99. The van der Waals surface area contributed by atoms with E-state index >= 15 is 0 Å². The van der Waals surface area contributed by atoms with Crippen LogP contribution < -0.4 is 5.32 Å². The molecule has 2 rings (SSSR count). The van der Waals surface area contributed by atoms with Crippen molar-refractivity contribution in [2.24, 2.45) is 5.92 Å². The topological polar surface area (TPSA) is 12.0 Å². The molecule has 1 saturated carbocycles. The Kier molecular flexibility index (Phi) is 7.93. The van der Waals surface area contributed by atoms with E-state index in [1.165, 1.54) is 70.3 Å². The van der Waals surface area contributed by atoms with Crippen LogP contribution in [0.3, 0.4) is 0 Å². The summed E-state index contributed by atoms with van der Waals surface area (Å²) in [6.45, 7) is 3.32. The summed E-state index contributed by atoms with van der Waals surface area (Å²) in [5.74, 6) is 0.589. The van der Waals surface area contributed by atoms with Crippen LogP contribution in [-0.2, 0) is 0 Å². The van der Waals surface area contributed by atoms with Gasteiger partial charge in [0.2, 0.25) is 0 Å². The minimum Gasteiger partial charge on any atom is -0.310 e. The van der Waals surface area contributed by atoms with Crippen molar-refractivity contribution in [1.29, 1.82) is 0 Å². The van der Waals surface area contributed by atoms with Gasteiger partial charge in [-0.1, -0.05) is 64.0 Å². The number of hydrogen-bond acceptors (Lipinski definition) is 1. The van der Waals surface area contributed by atoms with Gasteiger partial charge in [-0.05, 0) is 49.4 Å². The Morgan fingerprint density at radius 1 is 1.09 bits per heavy atom. The molecule has 0 amide bonds.